The van der Waals surface area contributed by atoms with Gasteiger partial charge in [-0.05, 0) is 125 Å². The van der Waals surface area contributed by atoms with Crippen LogP contribution in [0.2, 0.25) is 0 Å². The number of hydrogen-bond acceptors (Lipinski definition) is 11. The minimum atomic E-state index is -1.21. The molecule has 3 N–H and O–H groups in total. The highest BCUT2D eigenvalue weighted by molar-refractivity contribution is 6.08. The zero-order valence-corrected chi connectivity index (χ0v) is 33.5. The van der Waals surface area contributed by atoms with Crippen LogP contribution < -0.4 is 15.4 Å². The van der Waals surface area contributed by atoms with Gasteiger partial charge < -0.3 is 29.0 Å². The van der Waals surface area contributed by atoms with E-state index in [1.807, 2.05) is 6.92 Å². The van der Waals surface area contributed by atoms with Crippen LogP contribution in [-0.2, 0) is 25.5 Å². The van der Waals surface area contributed by atoms with Crippen molar-refractivity contribution in [1.29, 1.82) is 0 Å². The zero-order chi connectivity index (χ0) is 42.6. The van der Waals surface area contributed by atoms with Crippen LogP contribution in [0.3, 0.4) is 0 Å². The maximum Gasteiger partial charge on any atom is 0.414 e. The summed E-state index contributed by atoms with van der Waals surface area (Å²) in [4.78, 5) is 81.8. The standard InChI is InChI=1S/C43H48N4O11/c1-8-9-22-55-37(51)30-14-10-12-27(23-30)25-47(26-35(48)49)36(50)34-15-11-13-29-24-32(20-21-33(29)34)56-38(52)28-16-18-31(19-17-28)44-39(45-40(53)57-42(2,3)4)46-41(54)58-43(5,6)7/h10-21,23-24H,8-9,22,25-26H2,1-7H3,(H,48,49)(H2,44,45,46,53,54). The van der Waals surface area contributed by atoms with E-state index in [0.29, 0.717) is 21.9 Å². The maximum atomic E-state index is 13.9. The number of carbonyl (C=O) groups is 6. The lowest BCUT2D eigenvalue weighted by molar-refractivity contribution is -0.137. The normalized spacial score (nSPS) is 11.2. The van der Waals surface area contributed by atoms with Crippen LogP contribution in [0.5, 0.6) is 5.75 Å². The fraction of sp³-hybridized carbons (Fsp3) is 0.326. The summed E-state index contributed by atoms with van der Waals surface area (Å²) in [6.07, 6.45) is -0.137. The Hall–Kier alpha value is -6.77. The third kappa shape index (κ3) is 13.8. The Morgan fingerprint density at radius 2 is 1.38 bits per heavy atom. The van der Waals surface area contributed by atoms with Crippen molar-refractivity contribution < 1.29 is 52.8 Å². The molecule has 0 unspecified atom stereocenters. The van der Waals surface area contributed by atoms with Gasteiger partial charge in [-0.2, -0.15) is 0 Å². The molecular weight excluding hydrogens is 748 g/mol. The molecule has 0 aliphatic heterocycles. The highest BCUT2D eigenvalue weighted by atomic mass is 16.6. The number of guanidine groups is 1. The van der Waals surface area contributed by atoms with E-state index in [1.165, 1.54) is 35.2 Å². The number of carbonyl (C=O) groups excluding carboxylic acids is 5. The summed E-state index contributed by atoms with van der Waals surface area (Å²) in [6, 6.07) is 22.0. The van der Waals surface area contributed by atoms with Gasteiger partial charge in [0.15, 0.2) is 0 Å². The quantitative estimate of drug-likeness (QED) is 0.0316. The molecule has 0 bridgehead atoms. The fourth-order valence-electron chi connectivity index (χ4n) is 5.31. The van der Waals surface area contributed by atoms with Crippen LogP contribution in [0, 0.1) is 0 Å². The first-order chi connectivity index (χ1) is 27.3. The van der Waals surface area contributed by atoms with Crippen LogP contribution in [0.4, 0.5) is 15.3 Å². The molecule has 4 rings (SSSR count). The molecule has 4 aromatic rings. The van der Waals surface area contributed by atoms with Gasteiger partial charge in [-0.25, -0.2) is 24.2 Å². The number of amides is 3. The van der Waals surface area contributed by atoms with Gasteiger partial charge in [0.1, 0.15) is 23.5 Å². The van der Waals surface area contributed by atoms with Crippen molar-refractivity contribution in [3.63, 3.8) is 0 Å². The molecule has 0 aliphatic carbocycles. The van der Waals surface area contributed by atoms with Crippen molar-refractivity contribution in [2.75, 3.05) is 13.2 Å². The molecule has 306 valence electrons. The van der Waals surface area contributed by atoms with Gasteiger partial charge in [-0.3, -0.25) is 20.2 Å². The summed E-state index contributed by atoms with van der Waals surface area (Å²) in [5.74, 6) is -3.07. The molecule has 0 fully saturated rings. The van der Waals surface area contributed by atoms with E-state index < -0.39 is 53.7 Å². The summed E-state index contributed by atoms with van der Waals surface area (Å²) in [6.45, 7) is 11.7. The Kier molecular flexibility index (Phi) is 14.7. The number of nitrogens with zero attached hydrogens (tertiary/aromatic N) is 2. The van der Waals surface area contributed by atoms with E-state index in [2.05, 4.69) is 15.6 Å². The average Bonchev–Trinajstić information content (AvgIpc) is 3.12. The molecule has 15 nitrogen and oxygen atoms in total. The number of esters is 2. The molecule has 0 spiro atoms. The Bertz CT molecular complexity index is 2150. The monoisotopic (exact) mass is 796 g/mol. The predicted molar refractivity (Wildman–Crippen MR) is 215 cm³/mol. The lowest BCUT2D eigenvalue weighted by Gasteiger charge is -2.22. The number of carboxylic acid groups (broad SMARTS) is 1. The van der Waals surface area contributed by atoms with Gasteiger partial charge in [0.2, 0.25) is 5.96 Å². The van der Waals surface area contributed by atoms with Crippen LogP contribution >= 0.6 is 0 Å². The average molecular weight is 797 g/mol. The number of aliphatic carboxylic acids is 1. The first-order valence-electron chi connectivity index (χ1n) is 18.5. The molecule has 0 atom stereocenters. The van der Waals surface area contributed by atoms with Gasteiger partial charge in [0, 0.05) is 12.1 Å². The highest BCUT2D eigenvalue weighted by Crippen LogP contribution is 2.27. The Balaban J connectivity index is 1.50. The molecule has 0 aromatic heterocycles. The lowest BCUT2D eigenvalue weighted by atomic mass is 10.0. The molecule has 15 heteroatoms. The van der Waals surface area contributed by atoms with Gasteiger partial charge in [-0.15, -0.1) is 0 Å². The number of aliphatic imine (C=N–C) groups is 1. The van der Waals surface area contributed by atoms with Crippen molar-refractivity contribution >= 4 is 58.4 Å². The summed E-state index contributed by atoms with van der Waals surface area (Å²) < 4.78 is 21.5. The Morgan fingerprint density at radius 1 is 0.741 bits per heavy atom. The van der Waals surface area contributed by atoms with Crippen LogP contribution in [0.1, 0.15) is 97.9 Å². The Morgan fingerprint density at radius 3 is 1.98 bits per heavy atom. The smallest absolute Gasteiger partial charge is 0.414 e. The topological polar surface area (TPSA) is 199 Å². The van der Waals surface area contributed by atoms with Crippen molar-refractivity contribution in [3.05, 3.63) is 107 Å². The van der Waals surface area contributed by atoms with Crippen molar-refractivity contribution in [2.24, 2.45) is 4.99 Å². The molecule has 0 radical (unpaired) electrons. The van der Waals surface area contributed by atoms with Crippen molar-refractivity contribution in [2.45, 2.75) is 79.1 Å². The summed E-state index contributed by atoms with van der Waals surface area (Å²) in [5, 5.41) is 15.5. The zero-order valence-electron chi connectivity index (χ0n) is 33.5. The van der Waals surface area contributed by atoms with Crippen molar-refractivity contribution in [3.8, 4) is 5.75 Å². The van der Waals surface area contributed by atoms with Crippen LogP contribution in [0.25, 0.3) is 10.8 Å². The van der Waals surface area contributed by atoms with E-state index >= 15 is 0 Å². The first-order valence-corrected chi connectivity index (χ1v) is 18.5. The summed E-state index contributed by atoms with van der Waals surface area (Å²) >= 11 is 0. The maximum absolute atomic E-state index is 13.9. The molecule has 0 saturated heterocycles. The molecular formula is C43H48N4O11. The number of fused-ring (bicyclic) bond motifs is 1. The van der Waals surface area contributed by atoms with Gasteiger partial charge in [0.05, 0.1) is 23.4 Å². The van der Waals surface area contributed by atoms with Gasteiger partial charge in [0.25, 0.3) is 5.91 Å². The molecule has 3 amide bonds. The molecule has 0 aliphatic rings. The van der Waals surface area contributed by atoms with Crippen LogP contribution in [-0.4, -0.2) is 76.3 Å². The van der Waals surface area contributed by atoms with Gasteiger partial charge >= 0.3 is 30.1 Å². The largest absolute Gasteiger partial charge is 0.480 e. The highest BCUT2D eigenvalue weighted by Gasteiger charge is 2.24. The second kappa shape index (κ2) is 19.4. The fourth-order valence-corrected chi connectivity index (χ4v) is 5.31. The van der Waals surface area contributed by atoms with Crippen molar-refractivity contribution in [1.82, 2.24) is 15.5 Å². The minimum Gasteiger partial charge on any atom is -0.480 e. The number of ether oxygens (including phenoxy) is 4. The Labute approximate surface area is 336 Å². The molecule has 4 aromatic carbocycles. The summed E-state index contributed by atoms with van der Waals surface area (Å²) in [5.41, 5.74) is -0.156. The van der Waals surface area contributed by atoms with E-state index in [1.54, 1.807) is 96.1 Å². The summed E-state index contributed by atoms with van der Waals surface area (Å²) in [7, 11) is 0. The first kappa shape index (κ1) is 44.0. The minimum absolute atomic E-state index is 0.0841. The number of hydrogen-bond donors (Lipinski definition) is 3. The molecule has 0 heterocycles. The lowest BCUT2D eigenvalue weighted by Crippen LogP contribution is -2.47. The third-order valence-electron chi connectivity index (χ3n) is 7.76. The number of unbranched alkanes of at least 4 members (excludes halogenated alkanes) is 1. The van der Waals surface area contributed by atoms with Gasteiger partial charge in [-0.1, -0.05) is 37.6 Å². The third-order valence-corrected chi connectivity index (χ3v) is 7.76. The molecule has 0 saturated carbocycles. The second-order valence-electron chi connectivity index (χ2n) is 15.1. The number of carboxylic acids is 1. The predicted octanol–water partition coefficient (Wildman–Crippen LogP) is 7.78. The van der Waals surface area contributed by atoms with E-state index in [4.69, 9.17) is 18.9 Å². The SMILES string of the molecule is CCCCOC(=O)c1cccc(CN(CC(=O)O)C(=O)c2cccc3cc(OC(=O)c4ccc(N=C(NC(=O)OC(C)(C)C)NC(=O)OC(C)(C)C)cc4)ccc23)c1. The van der Waals surface area contributed by atoms with Crippen LogP contribution in [0.15, 0.2) is 89.9 Å². The number of nitrogens with one attached hydrogen (secondary N) is 2. The second-order valence-corrected chi connectivity index (χ2v) is 15.1. The van der Waals surface area contributed by atoms with E-state index in [9.17, 15) is 33.9 Å². The molecule has 58 heavy (non-hydrogen) atoms. The number of benzene rings is 4. The van der Waals surface area contributed by atoms with E-state index in [0.717, 1.165) is 12.8 Å². The number of rotatable bonds is 12. The number of alkyl carbamates (subject to hydrolysis) is 2. The van der Waals surface area contributed by atoms with E-state index in [-0.39, 0.29) is 41.7 Å².